The summed E-state index contributed by atoms with van der Waals surface area (Å²) in [5.74, 6) is -1.77. The molecule has 10 heteroatoms. The highest BCUT2D eigenvalue weighted by molar-refractivity contribution is 5.72. The first kappa shape index (κ1) is 51.8. The second kappa shape index (κ2) is 35.9. The lowest BCUT2D eigenvalue weighted by Gasteiger charge is -2.24. The summed E-state index contributed by atoms with van der Waals surface area (Å²) >= 11 is 0. The average molecular weight is 796 g/mol. The van der Waals surface area contributed by atoms with Crippen LogP contribution in [0.1, 0.15) is 220 Å². The Morgan fingerprint density at radius 2 is 0.768 bits per heavy atom. The molecular formula is C46H85NO9. The van der Waals surface area contributed by atoms with Gasteiger partial charge in [-0.15, -0.1) is 0 Å². The van der Waals surface area contributed by atoms with Crippen LogP contribution in [-0.2, 0) is 42.9 Å². The molecule has 1 fully saturated rings. The predicted octanol–water partition coefficient (Wildman–Crippen LogP) is 11.3. The summed E-state index contributed by atoms with van der Waals surface area (Å²) < 4.78 is 29.4. The number of esters is 4. The lowest BCUT2D eigenvalue weighted by atomic mass is 10.1. The molecule has 0 amide bonds. The summed E-state index contributed by atoms with van der Waals surface area (Å²) in [6.07, 6.45) is 26.6. The number of hydrogen-bond acceptors (Lipinski definition) is 10. The zero-order valence-electron chi connectivity index (χ0n) is 36.8. The van der Waals surface area contributed by atoms with Crippen LogP contribution < -0.4 is 0 Å². The molecule has 0 saturated carbocycles. The van der Waals surface area contributed by atoms with E-state index >= 15 is 0 Å². The van der Waals surface area contributed by atoms with E-state index in [4.69, 9.17) is 23.7 Å². The molecule has 0 radical (unpaired) electrons. The first-order valence-electron chi connectivity index (χ1n) is 23.3. The van der Waals surface area contributed by atoms with Crippen molar-refractivity contribution in [1.29, 1.82) is 0 Å². The molecule has 0 aromatic rings. The molecule has 0 N–H and O–H groups in total. The van der Waals surface area contributed by atoms with Crippen LogP contribution in [0.25, 0.3) is 0 Å². The number of rotatable bonds is 38. The van der Waals surface area contributed by atoms with E-state index in [0.29, 0.717) is 25.8 Å². The first-order chi connectivity index (χ1) is 27.2. The molecule has 1 rings (SSSR count). The molecule has 0 aromatic heterocycles. The largest absolute Gasteiger partial charge is 0.463 e. The number of nitrogens with zero attached hydrogens (tertiary/aromatic N) is 1. The molecule has 4 atom stereocenters. The van der Waals surface area contributed by atoms with Gasteiger partial charge in [-0.05, 0) is 33.4 Å². The Balaban J connectivity index is 2.90. The lowest BCUT2D eigenvalue weighted by molar-refractivity contribution is -0.200. The fourth-order valence-electron chi connectivity index (χ4n) is 7.10. The van der Waals surface area contributed by atoms with E-state index in [1.165, 1.54) is 96.3 Å². The van der Waals surface area contributed by atoms with Crippen molar-refractivity contribution in [2.75, 3.05) is 27.2 Å². The van der Waals surface area contributed by atoms with Crippen molar-refractivity contribution in [2.45, 2.75) is 244 Å². The molecule has 1 aliphatic rings. The smallest absolute Gasteiger partial charge is 0.308 e. The Morgan fingerprint density at radius 1 is 0.429 bits per heavy atom. The van der Waals surface area contributed by atoms with Crippen LogP contribution in [0.2, 0.25) is 0 Å². The van der Waals surface area contributed by atoms with Gasteiger partial charge >= 0.3 is 23.9 Å². The van der Waals surface area contributed by atoms with Crippen LogP contribution in [0.4, 0.5) is 0 Å². The normalized spacial score (nSPS) is 18.0. The van der Waals surface area contributed by atoms with Gasteiger partial charge in [0.2, 0.25) is 12.4 Å². The van der Waals surface area contributed by atoms with Crippen LogP contribution in [0.15, 0.2) is 0 Å². The Labute approximate surface area is 342 Å². The number of ether oxygens (including phenoxy) is 5. The van der Waals surface area contributed by atoms with Crippen molar-refractivity contribution in [3.8, 4) is 0 Å². The predicted molar refractivity (Wildman–Crippen MR) is 224 cm³/mol. The topological polar surface area (TPSA) is 118 Å². The van der Waals surface area contributed by atoms with Crippen molar-refractivity contribution in [1.82, 2.24) is 4.90 Å². The summed E-state index contributed by atoms with van der Waals surface area (Å²) in [7, 11) is 3.75. The number of unbranched alkanes of at least 4 members (excludes halogenated alkanes) is 24. The van der Waals surface area contributed by atoms with Crippen LogP contribution in [0, 0.1) is 0 Å². The highest BCUT2D eigenvalue weighted by Gasteiger charge is 2.52. The molecule has 0 spiro atoms. The van der Waals surface area contributed by atoms with E-state index in [1.54, 1.807) is 0 Å². The molecule has 1 unspecified atom stereocenters. The molecular weight excluding hydrogens is 711 g/mol. The van der Waals surface area contributed by atoms with E-state index in [0.717, 1.165) is 57.8 Å². The third-order valence-electron chi connectivity index (χ3n) is 10.7. The molecule has 1 heterocycles. The van der Waals surface area contributed by atoms with E-state index in [2.05, 4.69) is 20.8 Å². The maximum absolute atomic E-state index is 13.3. The van der Waals surface area contributed by atoms with E-state index in [1.807, 2.05) is 19.0 Å². The van der Waals surface area contributed by atoms with Gasteiger partial charge in [0.1, 0.15) is 12.7 Å². The molecule has 0 aliphatic carbocycles. The van der Waals surface area contributed by atoms with Gasteiger partial charge in [0, 0.05) is 25.8 Å². The van der Waals surface area contributed by atoms with Gasteiger partial charge in [-0.1, -0.05) is 175 Å². The molecule has 0 aromatic carbocycles. The van der Waals surface area contributed by atoms with E-state index in [9.17, 15) is 19.2 Å². The Morgan fingerprint density at radius 3 is 1.14 bits per heavy atom. The number of carbonyl (C=O) groups is 4. The Hall–Kier alpha value is -2.20. The van der Waals surface area contributed by atoms with Gasteiger partial charge in [0.05, 0.1) is 6.42 Å². The van der Waals surface area contributed by atoms with Gasteiger partial charge in [0.15, 0.2) is 6.10 Å². The lowest BCUT2D eigenvalue weighted by Crippen LogP contribution is -2.42. The van der Waals surface area contributed by atoms with E-state index in [-0.39, 0.29) is 32.3 Å². The quantitative estimate of drug-likeness (QED) is 0.0339. The fraction of sp³-hybridized carbons (Fsp3) is 0.913. The minimum atomic E-state index is -1.27. The minimum absolute atomic E-state index is 0.178. The third-order valence-corrected chi connectivity index (χ3v) is 10.7. The molecule has 1 saturated heterocycles. The third kappa shape index (κ3) is 28.2. The van der Waals surface area contributed by atoms with Crippen molar-refractivity contribution in [3.05, 3.63) is 0 Å². The highest BCUT2D eigenvalue weighted by atomic mass is 16.8. The van der Waals surface area contributed by atoms with Crippen molar-refractivity contribution in [3.63, 3.8) is 0 Å². The zero-order valence-corrected chi connectivity index (χ0v) is 36.8. The SMILES string of the molecule is CCCCCCCCCCCC(=O)OC1[C@H](OC(=O)CCCCCCCCCCC)O[C@H](COC(=O)CCN(C)C)[C@@H]1OC(=O)CCCCCCCCCCC. The number of carbonyl (C=O) groups excluding carboxylic acids is 4. The standard InChI is InChI=1S/C46H85NO9/c1-6-9-12-15-18-21-24-27-30-33-41(49)54-44-39(38-52-40(48)36-37-47(4)5)53-46(56-43(51)35-32-29-26-23-20-17-14-11-8-3)45(44)55-42(50)34-31-28-25-22-19-16-13-10-7-2/h39,44-46H,6-38H2,1-5H3/t39-,44+,45?,46+/m1/s1. The van der Waals surface area contributed by atoms with Gasteiger partial charge < -0.3 is 28.6 Å². The fourth-order valence-corrected chi connectivity index (χ4v) is 7.10. The second-order valence-electron chi connectivity index (χ2n) is 16.4. The first-order valence-corrected chi connectivity index (χ1v) is 23.3. The summed E-state index contributed by atoms with van der Waals surface area (Å²) in [6, 6.07) is 0. The Kier molecular flexibility index (Phi) is 33.2. The maximum Gasteiger partial charge on any atom is 0.308 e. The highest BCUT2D eigenvalue weighted by Crippen LogP contribution is 2.30. The molecule has 328 valence electrons. The van der Waals surface area contributed by atoms with E-state index < -0.39 is 48.5 Å². The van der Waals surface area contributed by atoms with Gasteiger partial charge in [-0.25, -0.2) is 0 Å². The Bertz CT molecular complexity index is 990. The summed E-state index contributed by atoms with van der Waals surface area (Å²) in [5.41, 5.74) is 0. The van der Waals surface area contributed by atoms with Gasteiger partial charge in [-0.2, -0.15) is 0 Å². The maximum atomic E-state index is 13.3. The van der Waals surface area contributed by atoms with Crippen molar-refractivity contribution >= 4 is 23.9 Å². The monoisotopic (exact) mass is 796 g/mol. The number of hydrogen-bond donors (Lipinski definition) is 0. The summed E-state index contributed by atoms with van der Waals surface area (Å²) in [5, 5.41) is 0. The average Bonchev–Trinajstić information content (AvgIpc) is 3.47. The summed E-state index contributed by atoms with van der Waals surface area (Å²) in [6.45, 7) is 6.94. The molecule has 10 nitrogen and oxygen atoms in total. The molecule has 0 bridgehead atoms. The van der Waals surface area contributed by atoms with Gasteiger partial charge in [-0.3, -0.25) is 19.2 Å². The second-order valence-corrected chi connectivity index (χ2v) is 16.4. The van der Waals surface area contributed by atoms with Crippen LogP contribution in [0.3, 0.4) is 0 Å². The zero-order chi connectivity index (χ0) is 41.1. The van der Waals surface area contributed by atoms with Crippen LogP contribution >= 0.6 is 0 Å². The van der Waals surface area contributed by atoms with Crippen molar-refractivity contribution in [2.24, 2.45) is 0 Å². The van der Waals surface area contributed by atoms with Crippen LogP contribution in [-0.4, -0.2) is 80.6 Å². The summed E-state index contributed by atoms with van der Waals surface area (Å²) in [4.78, 5) is 54.1. The van der Waals surface area contributed by atoms with Crippen LogP contribution in [0.5, 0.6) is 0 Å². The van der Waals surface area contributed by atoms with Crippen molar-refractivity contribution < 1.29 is 42.9 Å². The minimum Gasteiger partial charge on any atom is -0.463 e. The molecule has 1 aliphatic heterocycles. The molecule has 56 heavy (non-hydrogen) atoms. The van der Waals surface area contributed by atoms with Gasteiger partial charge in [0.25, 0.3) is 0 Å².